The third-order valence-corrected chi connectivity index (χ3v) is 4.62. The van der Waals surface area contributed by atoms with E-state index < -0.39 is 23.8 Å². The molecule has 1 aliphatic rings. The van der Waals surface area contributed by atoms with Crippen molar-refractivity contribution < 1.29 is 18.7 Å². The summed E-state index contributed by atoms with van der Waals surface area (Å²) >= 11 is 11.5. The molecular weight excluding hydrogens is 368 g/mol. The molecule has 7 heteroatoms. The van der Waals surface area contributed by atoms with Gasteiger partial charge in [-0.25, -0.2) is 9.18 Å². The average molecular weight is 388 g/mol. The van der Waals surface area contributed by atoms with Crippen LogP contribution in [-0.2, 0) is 9.53 Å². The standard InChI is InChI=1S/C18H20Cl2FNO3/c1-11(17(23)22-8-7-12-5-3-2-4-6-12)25-18(24)13-9-16(21)15(20)10-14(13)19/h5,9-11H,2-4,6-8H2,1H3,(H,22,23)/t11-/m1/s1. The van der Waals surface area contributed by atoms with Crippen LogP contribution in [0.15, 0.2) is 23.8 Å². The Balaban J connectivity index is 1.84. The van der Waals surface area contributed by atoms with Gasteiger partial charge in [-0.15, -0.1) is 0 Å². The highest BCUT2D eigenvalue weighted by Gasteiger charge is 2.21. The highest BCUT2D eigenvalue weighted by atomic mass is 35.5. The molecule has 4 nitrogen and oxygen atoms in total. The van der Waals surface area contributed by atoms with Crippen LogP contribution in [0.5, 0.6) is 0 Å². The first-order valence-electron chi connectivity index (χ1n) is 8.19. The van der Waals surface area contributed by atoms with Crippen LogP contribution in [0.2, 0.25) is 10.0 Å². The molecule has 0 fully saturated rings. The van der Waals surface area contributed by atoms with E-state index in [1.807, 2.05) is 0 Å². The van der Waals surface area contributed by atoms with E-state index in [0.29, 0.717) is 6.54 Å². The molecule has 1 aromatic rings. The Bertz CT molecular complexity index is 691. The summed E-state index contributed by atoms with van der Waals surface area (Å²) in [5.74, 6) is -2.07. The molecule has 0 spiro atoms. The van der Waals surface area contributed by atoms with Gasteiger partial charge in [0.25, 0.3) is 5.91 Å². The fourth-order valence-electron chi connectivity index (χ4n) is 2.58. The molecule has 1 N–H and O–H groups in total. The van der Waals surface area contributed by atoms with Gasteiger partial charge >= 0.3 is 5.97 Å². The van der Waals surface area contributed by atoms with Crippen LogP contribution < -0.4 is 5.32 Å². The van der Waals surface area contributed by atoms with E-state index in [9.17, 15) is 14.0 Å². The van der Waals surface area contributed by atoms with Crippen LogP contribution in [0, 0.1) is 5.82 Å². The van der Waals surface area contributed by atoms with E-state index in [2.05, 4.69) is 11.4 Å². The van der Waals surface area contributed by atoms with Crippen molar-refractivity contribution in [3.63, 3.8) is 0 Å². The molecule has 0 saturated carbocycles. The number of benzene rings is 1. The number of allylic oxidation sites excluding steroid dienone is 1. The second-order valence-electron chi connectivity index (χ2n) is 5.94. The average Bonchev–Trinajstić information content (AvgIpc) is 2.58. The van der Waals surface area contributed by atoms with Crippen LogP contribution in [0.1, 0.15) is 49.4 Å². The van der Waals surface area contributed by atoms with Crippen molar-refractivity contribution in [2.45, 2.75) is 45.1 Å². The molecule has 136 valence electrons. The van der Waals surface area contributed by atoms with Crippen LogP contribution in [0.25, 0.3) is 0 Å². The number of halogens is 3. The third kappa shape index (κ3) is 5.72. The van der Waals surface area contributed by atoms with E-state index in [1.165, 1.54) is 25.3 Å². The quantitative estimate of drug-likeness (QED) is 0.437. The van der Waals surface area contributed by atoms with Gasteiger partial charge in [0, 0.05) is 6.54 Å². The SMILES string of the molecule is C[C@@H](OC(=O)c1cc(F)c(Cl)cc1Cl)C(=O)NCCC1=CCCCC1. The minimum atomic E-state index is -1.01. The number of amides is 1. The van der Waals surface area contributed by atoms with Gasteiger partial charge in [-0.2, -0.15) is 0 Å². The topological polar surface area (TPSA) is 55.4 Å². The zero-order valence-electron chi connectivity index (χ0n) is 13.9. The predicted molar refractivity (Wildman–Crippen MR) is 95.5 cm³/mol. The van der Waals surface area contributed by atoms with Gasteiger partial charge in [0.05, 0.1) is 15.6 Å². The number of esters is 1. The molecule has 2 rings (SSSR count). The van der Waals surface area contributed by atoms with E-state index in [-0.39, 0.29) is 15.6 Å². The summed E-state index contributed by atoms with van der Waals surface area (Å²) in [5, 5.41) is 2.51. The number of carbonyl (C=O) groups is 2. The Labute approximate surface area is 156 Å². The summed E-state index contributed by atoms with van der Waals surface area (Å²) < 4.78 is 18.5. The van der Waals surface area contributed by atoms with Gasteiger partial charge in [0.2, 0.25) is 0 Å². The van der Waals surface area contributed by atoms with Crippen molar-refractivity contribution in [1.29, 1.82) is 0 Å². The molecule has 25 heavy (non-hydrogen) atoms. The molecule has 0 aliphatic heterocycles. The monoisotopic (exact) mass is 387 g/mol. The van der Waals surface area contributed by atoms with Crippen LogP contribution in [0.4, 0.5) is 4.39 Å². The maximum Gasteiger partial charge on any atom is 0.340 e. The number of rotatable bonds is 6. The smallest absolute Gasteiger partial charge is 0.340 e. The summed E-state index contributed by atoms with van der Waals surface area (Å²) in [6, 6.07) is 2.02. The Morgan fingerprint density at radius 1 is 1.28 bits per heavy atom. The van der Waals surface area contributed by atoms with Gasteiger partial charge in [-0.3, -0.25) is 4.79 Å². The van der Waals surface area contributed by atoms with Crippen LogP contribution in [-0.4, -0.2) is 24.5 Å². The number of nitrogens with one attached hydrogen (secondary N) is 1. The summed E-state index contributed by atoms with van der Waals surface area (Å²) in [6.45, 7) is 1.94. The molecule has 0 bridgehead atoms. The largest absolute Gasteiger partial charge is 0.449 e. The predicted octanol–water partition coefficient (Wildman–Crippen LogP) is 4.68. The van der Waals surface area contributed by atoms with Crippen molar-refractivity contribution in [2.75, 3.05) is 6.54 Å². The highest BCUT2D eigenvalue weighted by molar-refractivity contribution is 6.36. The van der Waals surface area contributed by atoms with Crippen LogP contribution >= 0.6 is 23.2 Å². The third-order valence-electron chi connectivity index (χ3n) is 4.01. The van der Waals surface area contributed by atoms with E-state index in [0.717, 1.165) is 31.4 Å². The fourth-order valence-corrected chi connectivity index (χ4v) is 3.04. The molecule has 0 heterocycles. The van der Waals surface area contributed by atoms with E-state index in [1.54, 1.807) is 0 Å². The first kappa shape index (κ1) is 19.7. The van der Waals surface area contributed by atoms with Gasteiger partial charge in [0.15, 0.2) is 6.10 Å². The molecule has 0 aromatic heterocycles. The zero-order chi connectivity index (χ0) is 18.4. The molecule has 1 atom stereocenters. The summed E-state index contributed by atoms with van der Waals surface area (Å²) in [6.07, 6.45) is 6.57. The lowest BCUT2D eigenvalue weighted by molar-refractivity contribution is -0.129. The lowest BCUT2D eigenvalue weighted by Crippen LogP contribution is -2.36. The van der Waals surface area contributed by atoms with Crippen molar-refractivity contribution >= 4 is 35.1 Å². The maximum absolute atomic E-state index is 13.5. The van der Waals surface area contributed by atoms with E-state index in [4.69, 9.17) is 27.9 Å². The Kier molecular flexibility index (Phi) is 7.26. The zero-order valence-corrected chi connectivity index (χ0v) is 15.4. The minimum absolute atomic E-state index is 0.0340. The second kappa shape index (κ2) is 9.20. The maximum atomic E-state index is 13.5. The normalized spacial score (nSPS) is 15.3. The van der Waals surface area contributed by atoms with Crippen molar-refractivity contribution in [2.24, 2.45) is 0 Å². The van der Waals surface area contributed by atoms with Crippen molar-refractivity contribution in [3.8, 4) is 0 Å². The van der Waals surface area contributed by atoms with Gasteiger partial charge < -0.3 is 10.1 Å². The lowest BCUT2D eigenvalue weighted by atomic mass is 9.97. The number of ether oxygens (including phenoxy) is 1. The highest BCUT2D eigenvalue weighted by Crippen LogP contribution is 2.25. The van der Waals surface area contributed by atoms with Gasteiger partial charge in [0.1, 0.15) is 5.82 Å². The minimum Gasteiger partial charge on any atom is -0.449 e. The summed E-state index contributed by atoms with van der Waals surface area (Å²) in [5.41, 5.74) is 1.18. The Morgan fingerprint density at radius 2 is 2.04 bits per heavy atom. The lowest BCUT2D eigenvalue weighted by Gasteiger charge is -2.16. The molecule has 1 amide bonds. The molecule has 1 aliphatic carbocycles. The Hall–Kier alpha value is -1.59. The second-order valence-corrected chi connectivity index (χ2v) is 6.76. The summed E-state index contributed by atoms with van der Waals surface area (Å²) in [7, 11) is 0. The Morgan fingerprint density at radius 3 is 2.72 bits per heavy atom. The van der Waals surface area contributed by atoms with Crippen LogP contribution in [0.3, 0.4) is 0 Å². The van der Waals surface area contributed by atoms with Crippen molar-refractivity contribution in [1.82, 2.24) is 5.32 Å². The molecule has 1 aromatic carbocycles. The van der Waals surface area contributed by atoms with E-state index >= 15 is 0 Å². The van der Waals surface area contributed by atoms with Crippen molar-refractivity contribution in [3.05, 3.63) is 45.2 Å². The molecular formula is C18H20Cl2FNO3. The molecule has 0 saturated heterocycles. The number of carbonyl (C=O) groups excluding carboxylic acids is 2. The van der Waals surface area contributed by atoms with Gasteiger partial charge in [-0.05, 0) is 51.2 Å². The fraction of sp³-hybridized carbons (Fsp3) is 0.444. The number of hydrogen-bond acceptors (Lipinski definition) is 3. The summed E-state index contributed by atoms with van der Waals surface area (Å²) in [4.78, 5) is 24.1. The number of hydrogen-bond donors (Lipinski definition) is 1. The van der Waals surface area contributed by atoms with Gasteiger partial charge in [-0.1, -0.05) is 34.9 Å². The first-order chi connectivity index (χ1) is 11.9. The molecule has 0 radical (unpaired) electrons. The molecule has 0 unspecified atom stereocenters. The first-order valence-corrected chi connectivity index (χ1v) is 8.95.